The summed E-state index contributed by atoms with van der Waals surface area (Å²) in [5.74, 6) is 1.10. The van der Waals surface area contributed by atoms with Crippen LogP contribution in [0.5, 0.6) is 0 Å². The number of aliphatic hydroxyl groups is 1. The zero-order chi connectivity index (χ0) is 11.8. The molecule has 0 amide bonds. The molecule has 1 aromatic carbocycles. The van der Waals surface area contributed by atoms with Crippen LogP contribution < -0.4 is 5.73 Å². The van der Waals surface area contributed by atoms with E-state index >= 15 is 0 Å². The maximum Gasteiger partial charge on any atom is 0.0487 e. The van der Waals surface area contributed by atoms with Gasteiger partial charge in [-0.3, -0.25) is 0 Å². The molecule has 3 unspecified atom stereocenters. The molecule has 1 fully saturated rings. The topological polar surface area (TPSA) is 46.2 Å². The summed E-state index contributed by atoms with van der Waals surface area (Å²) in [5, 5.41) is 9.33. The van der Waals surface area contributed by atoms with E-state index in [4.69, 9.17) is 5.73 Å². The first-order valence-electron chi connectivity index (χ1n) is 6.01. The third-order valence-corrected chi connectivity index (χ3v) is 4.15. The number of aliphatic hydroxyl groups excluding tert-OH is 1. The van der Waals surface area contributed by atoms with Crippen molar-refractivity contribution in [3.63, 3.8) is 0 Å². The van der Waals surface area contributed by atoms with Gasteiger partial charge in [-0.05, 0) is 34.8 Å². The van der Waals surface area contributed by atoms with Crippen molar-refractivity contribution in [3.05, 3.63) is 35.4 Å². The molecule has 0 aliphatic heterocycles. The molecule has 88 valence electrons. The zero-order valence-electron chi connectivity index (χ0n) is 10.1. The average Bonchev–Trinajstić information content (AvgIpc) is 3.01. The van der Waals surface area contributed by atoms with Crippen molar-refractivity contribution in [2.75, 3.05) is 6.61 Å². The fourth-order valence-corrected chi connectivity index (χ4v) is 2.79. The van der Waals surface area contributed by atoms with Crippen LogP contribution in [0.3, 0.4) is 0 Å². The van der Waals surface area contributed by atoms with Crippen LogP contribution in [-0.4, -0.2) is 11.7 Å². The largest absolute Gasteiger partial charge is 0.396 e. The number of benzene rings is 1. The van der Waals surface area contributed by atoms with E-state index in [9.17, 15) is 5.11 Å². The Morgan fingerprint density at radius 1 is 1.50 bits per heavy atom. The van der Waals surface area contributed by atoms with E-state index in [2.05, 4.69) is 32.0 Å². The molecule has 0 bridgehead atoms. The Morgan fingerprint density at radius 2 is 2.19 bits per heavy atom. The Balaban J connectivity index is 2.19. The third-order valence-electron chi connectivity index (χ3n) is 4.15. The van der Waals surface area contributed by atoms with Crippen LogP contribution in [0.2, 0.25) is 0 Å². The quantitative estimate of drug-likeness (QED) is 0.816. The molecule has 1 aromatic rings. The molecule has 3 atom stereocenters. The molecule has 3 N–H and O–H groups in total. The minimum atomic E-state index is 0.140. The fraction of sp³-hybridized carbons (Fsp3) is 0.571. The molecule has 1 aliphatic carbocycles. The predicted octanol–water partition coefficient (Wildman–Crippen LogP) is 2.27. The van der Waals surface area contributed by atoms with Gasteiger partial charge in [0, 0.05) is 13.2 Å². The van der Waals surface area contributed by atoms with Crippen molar-refractivity contribution in [1.29, 1.82) is 0 Å². The highest BCUT2D eigenvalue weighted by molar-refractivity contribution is 5.32. The molecule has 16 heavy (non-hydrogen) atoms. The van der Waals surface area contributed by atoms with E-state index in [1.807, 2.05) is 6.07 Å². The number of hydrogen-bond donors (Lipinski definition) is 2. The summed E-state index contributed by atoms with van der Waals surface area (Å²) >= 11 is 0. The van der Waals surface area contributed by atoms with Gasteiger partial charge in [0.05, 0.1) is 0 Å². The first kappa shape index (κ1) is 11.6. The minimum absolute atomic E-state index is 0.140. The molecule has 1 aliphatic rings. The Hall–Kier alpha value is -0.860. The summed E-state index contributed by atoms with van der Waals surface area (Å²) < 4.78 is 0. The first-order valence-corrected chi connectivity index (χ1v) is 6.01. The second-order valence-corrected chi connectivity index (χ2v) is 5.31. The molecule has 0 spiro atoms. The maximum atomic E-state index is 9.33. The maximum absolute atomic E-state index is 9.33. The molecular weight excluding hydrogens is 198 g/mol. The third kappa shape index (κ3) is 1.87. The standard InChI is InChI=1S/C14H21NO/c1-10(13-7-14(13,2)9-16)12-6-4-3-5-11(12)8-15/h3-6,10,13,16H,7-9,15H2,1-2H3. The first-order chi connectivity index (χ1) is 7.62. The van der Waals surface area contributed by atoms with Crippen molar-refractivity contribution in [1.82, 2.24) is 0 Å². The van der Waals surface area contributed by atoms with E-state index in [0.29, 0.717) is 25.0 Å². The van der Waals surface area contributed by atoms with Crippen LogP contribution in [0, 0.1) is 11.3 Å². The molecule has 1 saturated carbocycles. The van der Waals surface area contributed by atoms with Gasteiger partial charge in [-0.1, -0.05) is 38.1 Å². The van der Waals surface area contributed by atoms with E-state index in [-0.39, 0.29) is 5.41 Å². The van der Waals surface area contributed by atoms with Crippen LogP contribution in [0.1, 0.15) is 37.3 Å². The second kappa shape index (κ2) is 4.19. The summed E-state index contributed by atoms with van der Waals surface area (Å²) in [4.78, 5) is 0. The summed E-state index contributed by atoms with van der Waals surface area (Å²) in [6, 6.07) is 8.38. The highest BCUT2D eigenvalue weighted by atomic mass is 16.3. The molecule has 2 heteroatoms. The lowest BCUT2D eigenvalue weighted by molar-refractivity contribution is 0.207. The van der Waals surface area contributed by atoms with Crippen LogP contribution >= 0.6 is 0 Å². The Kier molecular flexibility index (Phi) is 3.04. The summed E-state index contributed by atoms with van der Waals surface area (Å²) in [5.41, 5.74) is 8.49. The molecule has 0 heterocycles. The van der Waals surface area contributed by atoms with Crippen molar-refractivity contribution in [2.24, 2.45) is 17.1 Å². The molecule has 2 nitrogen and oxygen atoms in total. The Labute approximate surface area is 97.5 Å². The monoisotopic (exact) mass is 219 g/mol. The number of rotatable bonds is 4. The van der Waals surface area contributed by atoms with Gasteiger partial charge in [0.2, 0.25) is 0 Å². The van der Waals surface area contributed by atoms with Gasteiger partial charge in [0.1, 0.15) is 0 Å². The SMILES string of the molecule is CC(c1ccccc1CN)C1CC1(C)CO. The Bertz CT molecular complexity index is 377. The number of hydrogen-bond acceptors (Lipinski definition) is 2. The average molecular weight is 219 g/mol. The van der Waals surface area contributed by atoms with Crippen LogP contribution in [-0.2, 0) is 6.54 Å². The fourth-order valence-electron chi connectivity index (χ4n) is 2.79. The van der Waals surface area contributed by atoms with Crippen LogP contribution in [0.15, 0.2) is 24.3 Å². The predicted molar refractivity (Wildman–Crippen MR) is 66.0 cm³/mol. The van der Waals surface area contributed by atoms with Crippen molar-refractivity contribution < 1.29 is 5.11 Å². The van der Waals surface area contributed by atoms with E-state index in [1.54, 1.807) is 0 Å². The molecular formula is C14H21NO. The van der Waals surface area contributed by atoms with Crippen molar-refractivity contribution >= 4 is 0 Å². The lowest BCUT2D eigenvalue weighted by Crippen LogP contribution is -2.11. The van der Waals surface area contributed by atoms with E-state index < -0.39 is 0 Å². The molecule has 2 rings (SSSR count). The summed E-state index contributed by atoms with van der Waals surface area (Å²) in [6.07, 6.45) is 1.13. The molecule has 0 aromatic heterocycles. The summed E-state index contributed by atoms with van der Waals surface area (Å²) in [6.45, 7) is 5.31. The van der Waals surface area contributed by atoms with Gasteiger partial charge < -0.3 is 10.8 Å². The van der Waals surface area contributed by atoms with Crippen molar-refractivity contribution in [2.45, 2.75) is 32.7 Å². The zero-order valence-corrected chi connectivity index (χ0v) is 10.1. The number of nitrogens with two attached hydrogens (primary N) is 1. The van der Waals surface area contributed by atoms with Gasteiger partial charge in [0.15, 0.2) is 0 Å². The van der Waals surface area contributed by atoms with Gasteiger partial charge in [0.25, 0.3) is 0 Å². The van der Waals surface area contributed by atoms with Gasteiger partial charge >= 0.3 is 0 Å². The highest BCUT2D eigenvalue weighted by Crippen LogP contribution is 2.58. The summed E-state index contributed by atoms with van der Waals surface area (Å²) in [7, 11) is 0. The highest BCUT2D eigenvalue weighted by Gasteiger charge is 2.52. The van der Waals surface area contributed by atoms with E-state index in [1.165, 1.54) is 11.1 Å². The van der Waals surface area contributed by atoms with Gasteiger partial charge in [-0.2, -0.15) is 0 Å². The second-order valence-electron chi connectivity index (χ2n) is 5.31. The van der Waals surface area contributed by atoms with Gasteiger partial charge in [-0.15, -0.1) is 0 Å². The van der Waals surface area contributed by atoms with Crippen LogP contribution in [0.25, 0.3) is 0 Å². The van der Waals surface area contributed by atoms with Crippen LogP contribution in [0.4, 0.5) is 0 Å². The smallest absolute Gasteiger partial charge is 0.0487 e. The van der Waals surface area contributed by atoms with E-state index in [0.717, 1.165) is 6.42 Å². The Morgan fingerprint density at radius 3 is 2.75 bits per heavy atom. The normalized spacial score (nSPS) is 30.1. The van der Waals surface area contributed by atoms with Gasteiger partial charge in [-0.25, -0.2) is 0 Å². The lowest BCUT2D eigenvalue weighted by Gasteiger charge is -2.18. The minimum Gasteiger partial charge on any atom is -0.396 e. The molecule has 0 saturated heterocycles. The lowest BCUT2D eigenvalue weighted by atomic mass is 9.88. The van der Waals surface area contributed by atoms with Crippen molar-refractivity contribution in [3.8, 4) is 0 Å². The molecule has 0 radical (unpaired) electrons.